The predicted octanol–water partition coefficient (Wildman–Crippen LogP) is 4.32. The molecule has 1 fully saturated rings. The molecular weight excluding hydrogens is 329 g/mol. The Morgan fingerprint density at radius 2 is 2.24 bits per heavy atom. The second-order valence-electron chi connectivity index (χ2n) is 5.33. The highest BCUT2D eigenvalue weighted by Crippen LogP contribution is 2.39. The molecule has 116 valence electrons. The van der Waals surface area contributed by atoms with E-state index in [1.807, 2.05) is 12.1 Å². The first kappa shape index (κ1) is 16.9. The minimum atomic E-state index is -0.752. The second-order valence-corrected chi connectivity index (χ2v) is 7.31. The maximum Gasteiger partial charge on any atom is 0.324 e. The fraction of sp³-hybridized carbons (Fsp3) is 0.533. The van der Waals surface area contributed by atoms with Gasteiger partial charge in [0.2, 0.25) is 0 Å². The van der Waals surface area contributed by atoms with Crippen molar-refractivity contribution in [2.45, 2.75) is 36.1 Å². The predicted molar refractivity (Wildman–Crippen MR) is 88.6 cm³/mol. The number of benzene rings is 1. The zero-order valence-electron chi connectivity index (χ0n) is 11.9. The summed E-state index contributed by atoms with van der Waals surface area (Å²) in [5, 5.41) is 13.7. The smallest absolute Gasteiger partial charge is 0.324 e. The van der Waals surface area contributed by atoms with Gasteiger partial charge >= 0.3 is 5.97 Å². The van der Waals surface area contributed by atoms with Crippen LogP contribution in [0.3, 0.4) is 0 Å². The zero-order chi connectivity index (χ0) is 15.5. The van der Waals surface area contributed by atoms with Gasteiger partial charge in [-0.25, -0.2) is 0 Å². The van der Waals surface area contributed by atoms with Gasteiger partial charge < -0.3 is 10.4 Å². The number of carboxylic acid groups (broad SMARTS) is 1. The number of hydrogen-bond acceptors (Lipinski definition) is 3. The molecule has 1 saturated carbocycles. The average molecular weight is 348 g/mol. The first-order valence-corrected chi connectivity index (χ1v) is 8.74. The van der Waals surface area contributed by atoms with Crippen LogP contribution in [-0.4, -0.2) is 29.4 Å². The number of likely N-dealkylation sites (N-methyl/N-ethyl adjacent to an activating group) is 1. The van der Waals surface area contributed by atoms with E-state index >= 15 is 0 Å². The quantitative estimate of drug-likeness (QED) is 0.752. The molecular formula is C15H19Cl2NO2S. The summed E-state index contributed by atoms with van der Waals surface area (Å²) in [6.45, 7) is 0. The highest BCUT2D eigenvalue weighted by molar-refractivity contribution is 7.99. The summed E-state index contributed by atoms with van der Waals surface area (Å²) >= 11 is 13.6. The van der Waals surface area contributed by atoms with Gasteiger partial charge in [-0.3, -0.25) is 4.79 Å². The molecule has 0 amide bonds. The lowest BCUT2D eigenvalue weighted by molar-refractivity contribution is -0.146. The third-order valence-corrected chi connectivity index (χ3v) is 6.04. The first-order chi connectivity index (χ1) is 9.99. The summed E-state index contributed by atoms with van der Waals surface area (Å²) in [7, 11) is 1.75. The van der Waals surface area contributed by atoms with E-state index in [9.17, 15) is 9.90 Å². The normalized spacial score (nSPS) is 25.2. The van der Waals surface area contributed by atoms with Gasteiger partial charge in [0.25, 0.3) is 0 Å². The maximum absolute atomic E-state index is 11.6. The molecule has 0 spiro atoms. The zero-order valence-corrected chi connectivity index (χ0v) is 14.2. The Hall–Kier alpha value is -0.420. The molecule has 1 aromatic rings. The van der Waals surface area contributed by atoms with Crippen molar-refractivity contribution in [3.63, 3.8) is 0 Å². The molecule has 2 unspecified atom stereocenters. The molecule has 1 aliphatic rings. The second kappa shape index (κ2) is 7.23. The summed E-state index contributed by atoms with van der Waals surface area (Å²) in [4.78, 5) is 12.6. The average Bonchev–Trinajstić information content (AvgIpc) is 2.87. The molecule has 0 bridgehead atoms. The van der Waals surface area contributed by atoms with E-state index in [-0.39, 0.29) is 5.92 Å². The van der Waals surface area contributed by atoms with E-state index in [4.69, 9.17) is 23.2 Å². The Bertz CT molecular complexity index is 526. The van der Waals surface area contributed by atoms with Gasteiger partial charge in [-0.15, -0.1) is 11.8 Å². The lowest BCUT2D eigenvalue weighted by Gasteiger charge is -2.31. The first-order valence-electron chi connectivity index (χ1n) is 7.00. The summed E-state index contributed by atoms with van der Waals surface area (Å²) in [6.07, 6.45) is 3.52. The van der Waals surface area contributed by atoms with E-state index in [1.165, 1.54) is 0 Å². The fourth-order valence-electron chi connectivity index (χ4n) is 3.07. The SMILES string of the molecule is CNC1(C(=O)O)CCCC1CCSc1ccc(Cl)c(Cl)c1. The van der Waals surface area contributed by atoms with Gasteiger partial charge in [0.05, 0.1) is 10.0 Å². The molecule has 3 nitrogen and oxygen atoms in total. The summed E-state index contributed by atoms with van der Waals surface area (Å²) in [5.74, 6) is 0.321. The van der Waals surface area contributed by atoms with Gasteiger partial charge in [0.15, 0.2) is 0 Å². The van der Waals surface area contributed by atoms with E-state index in [0.29, 0.717) is 16.5 Å². The minimum absolute atomic E-state index is 0.176. The number of thioether (sulfide) groups is 1. The molecule has 1 aromatic carbocycles. The van der Waals surface area contributed by atoms with Crippen LogP contribution >= 0.6 is 35.0 Å². The number of carboxylic acids is 1. The van der Waals surface area contributed by atoms with Crippen LogP contribution in [0.5, 0.6) is 0 Å². The van der Waals surface area contributed by atoms with E-state index in [0.717, 1.165) is 29.9 Å². The highest BCUT2D eigenvalue weighted by atomic mass is 35.5. The molecule has 2 rings (SSSR count). The topological polar surface area (TPSA) is 49.3 Å². The Labute approximate surface area is 139 Å². The molecule has 21 heavy (non-hydrogen) atoms. The maximum atomic E-state index is 11.6. The van der Waals surface area contributed by atoms with E-state index in [1.54, 1.807) is 24.9 Å². The van der Waals surface area contributed by atoms with Crippen molar-refractivity contribution in [3.05, 3.63) is 28.2 Å². The monoisotopic (exact) mass is 347 g/mol. The van der Waals surface area contributed by atoms with Gasteiger partial charge in [-0.2, -0.15) is 0 Å². The number of aliphatic carboxylic acids is 1. The molecule has 0 saturated heterocycles. The molecule has 0 heterocycles. The van der Waals surface area contributed by atoms with Gasteiger partial charge in [0, 0.05) is 4.90 Å². The molecule has 6 heteroatoms. The lowest BCUT2D eigenvalue weighted by atomic mass is 9.85. The standard InChI is InChI=1S/C15H19Cl2NO2S/c1-18-15(14(19)20)7-2-3-10(15)6-8-21-11-4-5-12(16)13(17)9-11/h4-5,9-10,18H,2-3,6-8H2,1H3,(H,19,20). The van der Waals surface area contributed by atoms with E-state index < -0.39 is 11.5 Å². The van der Waals surface area contributed by atoms with Crippen LogP contribution in [0, 0.1) is 5.92 Å². The van der Waals surface area contributed by atoms with Crippen molar-refractivity contribution >= 4 is 40.9 Å². The van der Waals surface area contributed by atoms with Crippen LogP contribution in [0.4, 0.5) is 0 Å². The van der Waals surface area contributed by atoms with Crippen LogP contribution in [-0.2, 0) is 4.79 Å². The number of halogens is 2. The van der Waals surface area contributed by atoms with Crippen molar-refractivity contribution < 1.29 is 9.90 Å². The summed E-state index contributed by atoms with van der Waals surface area (Å²) < 4.78 is 0. The third-order valence-electron chi connectivity index (χ3n) is 4.27. The Balaban J connectivity index is 1.93. The van der Waals surface area contributed by atoms with Crippen LogP contribution in [0.15, 0.2) is 23.1 Å². The van der Waals surface area contributed by atoms with Crippen molar-refractivity contribution in [1.29, 1.82) is 0 Å². The molecule has 2 atom stereocenters. The number of nitrogens with one attached hydrogen (secondary N) is 1. The van der Waals surface area contributed by atoms with Crippen LogP contribution in [0.1, 0.15) is 25.7 Å². The Morgan fingerprint density at radius 3 is 2.86 bits per heavy atom. The number of rotatable bonds is 6. The summed E-state index contributed by atoms with van der Waals surface area (Å²) in [5.41, 5.74) is -0.752. The van der Waals surface area contributed by atoms with E-state index in [2.05, 4.69) is 5.32 Å². The van der Waals surface area contributed by atoms with Crippen molar-refractivity contribution in [2.75, 3.05) is 12.8 Å². The number of carbonyl (C=O) groups is 1. The third kappa shape index (κ3) is 3.67. The van der Waals surface area contributed by atoms with Crippen molar-refractivity contribution in [1.82, 2.24) is 5.32 Å². The highest BCUT2D eigenvalue weighted by Gasteiger charge is 2.47. The lowest BCUT2D eigenvalue weighted by Crippen LogP contribution is -2.53. The van der Waals surface area contributed by atoms with Gasteiger partial charge in [0.1, 0.15) is 5.54 Å². The van der Waals surface area contributed by atoms with Crippen molar-refractivity contribution in [3.8, 4) is 0 Å². The molecule has 1 aliphatic carbocycles. The van der Waals surface area contributed by atoms with Crippen LogP contribution < -0.4 is 5.32 Å². The minimum Gasteiger partial charge on any atom is -0.480 e. The Morgan fingerprint density at radius 1 is 1.48 bits per heavy atom. The summed E-state index contributed by atoms with van der Waals surface area (Å²) in [6, 6.07) is 5.58. The van der Waals surface area contributed by atoms with Crippen molar-refractivity contribution in [2.24, 2.45) is 5.92 Å². The fourth-order valence-corrected chi connectivity index (χ4v) is 4.44. The van der Waals surface area contributed by atoms with Gasteiger partial charge in [-0.05, 0) is 56.2 Å². The molecule has 0 aliphatic heterocycles. The number of hydrogen-bond donors (Lipinski definition) is 2. The molecule has 0 aromatic heterocycles. The molecule has 2 N–H and O–H groups in total. The van der Waals surface area contributed by atoms with Crippen LogP contribution in [0.25, 0.3) is 0 Å². The largest absolute Gasteiger partial charge is 0.480 e. The molecule has 0 radical (unpaired) electrons. The van der Waals surface area contributed by atoms with Crippen LogP contribution in [0.2, 0.25) is 10.0 Å². The Kier molecular flexibility index (Phi) is 5.83. The van der Waals surface area contributed by atoms with Gasteiger partial charge in [-0.1, -0.05) is 29.6 Å².